The summed E-state index contributed by atoms with van der Waals surface area (Å²) in [5.74, 6) is -5.60. The molecule has 0 aliphatic carbocycles. The Labute approximate surface area is 149 Å². The normalized spacial score (nSPS) is 16.3. The second-order valence-electron chi connectivity index (χ2n) is 5.74. The fourth-order valence-corrected chi connectivity index (χ4v) is 1.71. The van der Waals surface area contributed by atoms with Crippen LogP contribution in [-0.4, -0.2) is 75.3 Å². The van der Waals surface area contributed by atoms with Crippen molar-refractivity contribution >= 4 is 29.7 Å². The summed E-state index contributed by atoms with van der Waals surface area (Å²) in [6.45, 7) is 3.70. The molecule has 0 aromatic heterocycles. The quantitative estimate of drug-likeness (QED) is 0.204. The van der Waals surface area contributed by atoms with Crippen molar-refractivity contribution in [3.8, 4) is 0 Å². The van der Waals surface area contributed by atoms with Crippen molar-refractivity contribution in [2.24, 2.45) is 5.73 Å². The number of aliphatic hydroxyl groups excluding tert-OH is 1. The zero-order valence-corrected chi connectivity index (χ0v) is 14.6. The largest absolute Gasteiger partial charge is 0.481 e. The summed E-state index contributed by atoms with van der Waals surface area (Å²) in [4.78, 5) is 57.6. The van der Waals surface area contributed by atoms with E-state index in [-0.39, 0.29) is 0 Å². The van der Waals surface area contributed by atoms with Gasteiger partial charge < -0.3 is 37.0 Å². The summed E-state index contributed by atoms with van der Waals surface area (Å²) in [5.41, 5.74) is 5.36. The number of amides is 3. The molecule has 0 radical (unpaired) electrons. The molecule has 12 heteroatoms. The number of nitrogens with two attached hydrogens (primary N) is 1. The van der Waals surface area contributed by atoms with Crippen LogP contribution in [0.2, 0.25) is 0 Å². The minimum Gasteiger partial charge on any atom is -0.481 e. The predicted octanol–water partition coefficient (Wildman–Crippen LogP) is -3.25. The second kappa shape index (κ2) is 10.3. The van der Waals surface area contributed by atoms with Crippen LogP contribution in [0.25, 0.3) is 0 Å². The van der Waals surface area contributed by atoms with E-state index in [4.69, 9.17) is 15.9 Å². The first-order valence-electron chi connectivity index (χ1n) is 7.66. The van der Waals surface area contributed by atoms with Crippen molar-refractivity contribution in [1.82, 2.24) is 16.0 Å². The third-order valence-corrected chi connectivity index (χ3v) is 3.22. The van der Waals surface area contributed by atoms with Gasteiger partial charge in [-0.3, -0.25) is 24.0 Å². The first kappa shape index (κ1) is 23.3. The third-order valence-electron chi connectivity index (χ3n) is 3.22. The molecule has 12 nitrogen and oxygen atoms in total. The molecule has 26 heavy (non-hydrogen) atoms. The van der Waals surface area contributed by atoms with E-state index in [0.717, 1.165) is 6.92 Å². The molecule has 0 aromatic carbocycles. The maximum absolute atomic E-state index is 12.2. The topological polar surface area (TPSA) is 208 Å². The lowest BCUT2D eigenvalue weighted by molar-refractivity contribution is -0.143. The molecule has 0 saturated heterocycles. The molecule has 0 aliphatic heterocycles. The van der Waals surface area contributed by atoms with Crippen molar-refractivity contribution in [3.63, 3.8) is 0 Å². The highest BCUT2D eigenvalue weighted by Crippen LogP contribution is 2.00. The number of carboxylic acid groups (broad SMARTS) is 2. The van der Waals surface area contributed by atoms with Gasteiger partial charge in [-0.2, -0.15) is 0 Å². The molecule has 0 heterocycles. The summed E-state index contributed by atoms with van der Waals surface area (Å²) in [6, 6.07) is -5.40. The Morgan fingerprint density at radius 1 is 0.885 bits per heavy atom. The molecule has 148 valence electrons. The number of carbonyl (C=O) groups excluding carboxylic acids is 3. The summed E-state index contributed by atoms with van der Waals surface area (Å²) in [5, 5.41) is 33.6. The third kappa shape index (κ3) is 7.90. The lowest BCUT2D eigenvalue weighted by Crippen LogP contribution is -2.59. The molecule has 0 aliphatic rings. The fourth-order valence-electron chi connectivity index (χ4n) is 1.71. The SMILES string of the molecule is CC(N)C(=O)NC(C(=O)NC(CC(=O)O)C(=O)NC(C)C(=O)O)C(C)O. The Balaban J connectivity index is 5.24. The van der Waals surface area contributed by atoms with E-state index in [1.165, 1.54) is 13.8 Å². The van der Waals surface area contributed by atoms with Crippen molar-refractivity contribution in [2.75, 3.05) is 0 Å². The average Bonchev–Trinajstić information content (AvgIpc) is 2.50. The lowest BCUT2D eigenvalue weighted by Gasteiger charge is -2.25. The maximum Gasteiger partial charge on any atom is 0.325 e. The van der Waals surface area contributed by atoms with Crippen LogP contribution in [0, 0.1) is 0 Å². The molecule has 5 atom stereocenters. The number of carboxylic acids is 2. The Hall–Kier alpha value is -2.73. The van der Waals surface area contributed by atoms with E-state index < -0.39 is 66.4 Å². The van der Waals surface area contributed by atoms with Crippen LogP contribution in [-0.2, 0) is 24.0 Å². The second-order valence-corrected chi connectivity index (χ2v) is 5.74. The first-order valence-corrected chi connectivity index (χ1v) is 7.66. The van der Waals surface area contributed by atoms with E-state index in [1.807, 2.05) is 5.32 Å². The Morgan fingerprint density at radius 2 is 1.42 bits per heavy atom. The summed E-state index contributed by atoms with van der Waals surface area (Å²) < 4.78 is 0. The van der Waals surface area contributed by atoms with Gasteiger partial charge >= 0.3 is 11.9 Å². The molecule has 0 fully saturated rings. The molecule has 0 bridgehead atoms. The van der Waals surface area contributed by atoms with Gasteiger partial charge in [0.05, 0.1) is 18.6 Å². The molecular formula is C14H24N4O8. The van der Waals surface area contributed by atoms with Crippen LogP contribution >= 0.6 is 0 Å². The predicted molar refractivity (Wildman–Crippen MR) is 86.7 cm³/mol. The van der Waals surface area contributed by atoms with Crippen LogP contribution in [0.4, 0.5) is 0 Å². The number of nitrogens with one attached hydrogen (secondary N) is 3. The molecule has 0 aromatic rings. The molecule has 3 amide bonds. The Morgan fingerprint density at radius 3 is 1.81 bits per heavy atom. The highest BCUT2D eigenvalue weighted by molar-refractivity contribution is 5.95. The van der Waals surface area contributed by atoms with Gasteiger partial charge in [0.1, 0.15) is 18.1 Å². The summed E-state index contributed by atoms with van der Waals surface area (Å²) >= 11 is 0. The van der Waals surface area contributed by atoms with Gasteiger partial charge in [-0.15, -0.1) is 0 Å². The minimum atomic E-state index is -1.62. The van der Waals surface area contributed by atoms with Gasteiger partial charge in [0.2, 0.25) is 17.7 Å². The Kier molecular flexibility index (Phi) is 9.22. The number of hydrogen-bond acceptors (Lipinski definition) is 7. The number of aliphatic carboxylic acids is 2. The molecule has 5 unspecified atom stereocenters. The lowest BCUT2D eigenvalue weighted by atomic mass is 10.1. The zero-order valence-electron chi connectivity index (χ0n) is 14.6. The van der Waals surface area contributed by atoms with E-state index in [0.29, 0.717) is 0 Å². The van der Waals surface area contributed by atoms with E-state index >= 15 is 0 Å². The van der Waals surface area contributed by atoms with Gasteiger partial charge in [0.25, 0.3) is 0 Å². The fraction of sp³-hybridized carbons (Fsp3) is 0.643. The minimum absolute atomic E-state index is 0.746. The van der Waals surface area contributed by atoms with Crippen LogP contribution in [0.3, 0.4) is 0 Å². The number of rotatable bonds is 10. The van der Waals surface area contributed by atoms with Crippen molar-refractivity contribution in [3.05, 3.63) is 0 Å². The van der Waals surface area contributed by atoms with Crippen molar-refractivity contribution in [2.45, 2.75) is 57.5 Å². The standard InChI is InChI=1S/C14H24N4O8/c1-5(15)11(22)18-10(7(3)19)13(24)17-8(4-9(20)21)12(23)16-6(2)14(25)26/h5-8,10,19H,4,15H2,1-3H3,(H,16,23)(H,17,24)(H,18,22)(H,20,21)(H,25,26). The molecule has 0 saturated carbocycles. The zero-order chi connectivity index (χ0) is 20.6. The Bertz CT molecular complexity index is 563. The number of aliphatic hydroxyl groups is 1. The van der Waals surface area contributed by atoms with E-state index in [9.17, 15) is 29.1 Å². The van der Waals surface area contributed by atoms with Crippen molar-refractivity contribution in [1.29, 1.82) is 0 Å². The van der Waals surface area contributed by atoms with Gasteiger partial charge in [-0.05, 0) is 20.8 Å². The molecular weight excluding hydrogens is 352 g/mol. The summed E-state index contributed by atoms with van der Waals surface area (Å²) in [6.07, 6.45) is -2.21. The van der Waals surface area contributed by atoms with Crippen molar-refractivity contribution < 1.29 is 39.3 Å². The monoisotopic (exact) mass is 376 g/mol. The van der Waals surface area contributed by atoms with E-state index in [1.54, 1.807) is 0 Å². The maximum atomic E-state index is 12.2. The molecule has 0 spiro atoms. The van der Waals surface area contributed by atoms with Gasteiger partial charge in [0.15, 0.2) is 0 Å². The molecule has 0 rings (SSSR count). The highest BCUT2D eigenvalue weighted by Gasteiger charge is 2.32. The average molecular weight is 376 g/mol. The van der Waals surface area contributed by atoms with Gasteiger partial charge in [-0.25, -0.2) is 0 Å². The highest BCUT2D eigenvalue weighted by atomic mass is 16.4. The molecule has 8 N–H and O–H groups in total. The van der Waals surface area contributed by atoms with E-state index in [2.05, 4.69) is 10.6 Å². The van der Waals surface area contributed by atoms with Gasteiger partial charge in [-0.1, -0.05) is 0 Å². The first-order chi connectivity index (χ1) is 11.9. The number of carbonyl (C=O) groups is 5. The number of hydrogen-bond donors (Lipinski definition) is 7. The summed E-state index contributed by atoms with van der Waals surface area (Å²) in [7, 11) is 0. The van der Waals surface area contributed by atoms with Crippen LogP contribution < -0.4 is 21.7 Å². The smallest absolute Gasteiger partial charge is 0.325 e. The van der Waals surface area contributed by atoms with Crippen LogP contribution in [0.1, 0.15) is 27.2 Å². The van der Waals surface area contributed by atoms with Crippen LogP contribution in [0.15, 0.2) is 0 Å². The van der Waals surface area contributed by atoms with Gasteiger partial charge in [0, 0.05) is 0 Å². The van der Waals surface area contributed by atoms with Crippen LogP contribution in [0.5, 0.6) is 0 Å².